The SMILES string of the molecule is CCCCCNc1nc(N)nc(C)c1Cc1ccc(N2CCN(C)CC2=O)cc1OC. The van der Waals surface area contributed by atoms with Gasteiger partial charge in [0.05, 0.1) is 13.7 Å². The number of anilines is 3. The van der Waals surface area contributed by atoms with Crippen molar-refractivity contribution in [2.75, 3.05) is 56.3 Å². The molecule has 0 unspecified atom stereocenters. The zero-order chi connectivity index (χ0) is 22.4. The van der Waals surface area contributed by atoms with E-state index in [1.54, 1.807) is 7.11 Å². The molecule has 1 aliphatic rings. The number of aromatic nitrogens is 2. The van der Waals surface area contributed by atoms with Gasteiger partial charge >= 0.3 is 0 Å². The van der Waals surface area contributed by atoms with E-state index in [0.29, 0.717) is 19.5 Å². The Labute approximate surface area is 184 Å². The van der Waals surface area contributed by atoms with Gasteiger partial charge in [0.25, 0.3) is 0 Å². The van der Waals surface area contributed by atoms with Crippen LogP contribution in [0.15, 0.2) is 18.2 Å². The van der Waals surface area contributed by atoms with E-state index in [2.05, 4.69) is 22.2 Å². The molecule has 1 aromatic carbocycles. The van der Waals surface area contributed by atoms with Crippen LogP contribution in [0.25, 0.3) is 0 Å². The Bertz CT molecular complexity index is 917. The lowest BCUT2D eigenvalue weighted by Gasteiger charge is -2.32. The molecule has 3 N–H and O–H groups in total. The van der Waals surface area contributed by atoms with E-state index in [1.165, 1.54) is 12.8 Å². The number of hydrogen-bond acceptors (Lipinski definition) is 7. The zero-order valence-electron chi connectivity index (χ0n) is 19.1. The van der Waals surface area contributed by atoms with Crippen LogP contribution in [0, 0.1) is 6.92 Å². The fourth-order valence-electron chi connectivity index (χ4n) is 3.86. The molecule has 0 radical (unpaired) electrons. The molecule has 2 aromatic rings. The van der Waals surface area contributed by atoms with Crippen LogP contribution >= 0.6 is 0 Å². The van der Waals surface area contributed by atoms with E-state index in [1.807, 2.05) is 42.0 Å². The maximum atomic E-state index is 12.5. The van der Waals surface area contributed by atoms with Crippen molar-refractivity contribution in [1.82, 2.24) is 14.9 Å². The number of nitrogen functional groups attached to an aromatic ring is 1. The number of nitrogens with zero attached hydrogens (tertiary/aromatic N) is 4. The van der Waals surface area contributed by atoms with Crippen molar-refractivity contribution in [2.24, 2.45) is 0 Å². The number of nitrogens with two attached hydrogens (primary N) is 1. The molecule has 0 spiro atoms. The van der Waals surface area contributed by atoms with Gasteiger partial charge in [-0.3, -0.25) is 9.69 Å². The first kappa shape index (κ1) is 22.8. The van der Waals surface area contributed by atoms with Crippen LogP contribution in [0.3, 0.4) is 0 Å². The molecule has 1 amide bonds. The Balaban J connectivity index is 1.84. The third-order valence-corrected chi connectivity index (χ3v) is 5.67. The third kappa shape index (κ3) is 5.64. The normalized spacial score (nSPS) is 14.7. The quantitative estimate of drug-likeness (QED) is 0.595. The summed E-state index contributed by atoms with van der Waals surface area (Å²) in [7, 11) is 3.62. The topological polar surface area (TPSA) is 96.6 Å². The molecule has 1 aromatic heterocycles. The van der Waals surface area contributed by atoms with Crippen LogP contribution in [-0.2, 0) is 11.2 Å². The number of carbonyl (C=O) groups is 1. The van der Waals surface area contributed by atoms with Gasteiger partial charge in [0.2, 0.25) is 11.9 Å². The second kappa shape index (κ2) is 10.4. The van der Waals surface area contributed by atoms with Crippen LogP contribution in [0.1, 0.15) is 43.0 Å². The van der Waals surface area contributed by atoms with E-state index in [4.69, 9.17) is 10.5 Å². The molecular weight excluding hydrogens is 392 g/mol. The molecule has 3 rings (SSSR count). The number of piperazine rings is 1. The van der Waals surface area contributed by atoms with E-state index >= 15 is 0 Å². The molecule has 8 heteroatoms. The van der Waals surface area contributed by atoms with E-state index in [-0.39, 0.29) is 11.9 Å². The first-order valence-electron chi connectivity index (χ1n) is 11.0. The number of unbranched alkanes of at least 4 members (excludes halogenated alkanes) is 2. The molecule has 2 heterocycles. The smallest absolute Gasteiger partial charge is 0.241 e. The van der Waals surface area contributed by atoms with Gasteiger partial charge in [-0.25, -0.2) is 4.98 Å². The summed E-state index contributed by atoms with van der Waals surface area (Å²) in [5, 5.41) is 3.43. The van der Waals surface area contributed by atoms with Crippen LogP contribution in [0.5, 0.6) is 5.75 Å². The molecule has 168 valence electrons. The Hall–Kier alpha value is -2.87. The van der Waals surface area contributed by atoms with Gasteiger partial charge in [-0.05, 0) is 32.0 Å². The van der Waals surface area contributed by atoms with E-state index in [0.717, 1.165) is 53.6 Å². The number of nitrogens with one attached hydrogen (secondary N) is 1. The predicted molar refractivity (Wildman–Crippen MR) is 125 cm³/mol. The molecule has 1 aliphatic heterocycles. The van der Waals surface area contributed by atoms with E-state index in [9.17, 15) is 4.79 Å². The van der Waals surface area contributed by atoms with Crippen LogP contribution in [0.2, 0.25) is 0 Å². The lowest BCUT2D eigenvalue weighted by atomic mass is 10.0. The summed E-state index contributed by atoms with van der Waals surface area (Å²) in [5.41, 5.74) is 9.64. The van der Waals surface area contributed by atoms with Crippen LogP contribution in [0.4, 0.5) is 17.5 Å². The number of amides is 1. The number of ether oxygens (including phenoxy) is 1. The lowest BCUT2D eigenvalue weighted by molar-refractivity contribution is -0.120. The first-order chi connectivity index (χ1) is 14.9. The molecule has 1 saturated heterocycles. The molecular formula is C23H34N6O2. The molecule has 0 atom stereocenters. The molecule has 1 fully saturated rings. The summed E-state index contributed by atoms with van der Waals surface area (Å²) in [6, 6.07) is 5.96. The Morgan fingerprint density at radius 1 is 1.23 bits per heavy atom. The summed E-state index contributed by atoms with van der Waals surface area (Å²) in [6.07, 6.45) is 4.03. The molecule has 0 saturated carbocycles. The maximum Gasteiger partial charge on any atom is 0.241 e. The van der Waals surface area contributed by atoms with Crippen molar-refractivity contribution in [3.63, 3.8) is 0 Å². The summed E-state index contributed by atoms with van der Waals surface area (Å²) in [5.74, 6) is 1.90. The summed E-state index contributed by atoms with van der Waals surface area (Å²) in [6.45, 7) is 6.94. The van der Waals surface area contributed by atoms with Gasteiger partial charge in [0.1, 0.15) is 11.6 Å². The van der Waals surface area contributed by atoms with Gasteiger partial charge in [0.15, 0.2) is 0 Å². The van der Waals surface area contributed by atoms with Crippen molar-refractivity contribution in [3.8, 4) is 5.75 Å². The molecule has 0 aliphatic carbocycles. The second-order valence-corrected chi connectivity index (χ2v) is 8.08. The minimum atomic E-state index is 0.102. The Morgan fingerprint density at radius 2 is 2.03 bits per heavy atom. The summed E-state index contributed by atoms with van der Waals surface area (Å²) in [4.78, 5) is 25.1. The van der Waals surface area contributed by atoms with Crippen molar-refractivity contribution in [1.29, 1.82) is 0 Å². The fraction of sp³-hybridized carbons (Fsp3) is 0.522. The monoisotopic (exact) mass is 426 g/mol. The maximum absolute atomic E-state index is 12.5. The van der Waals surface area contributed by atoms with Crippen molar-refractivity contribution >= 4 is 23.4 Å². The average molecular weight is 427 g/mol. The highest BCUT2D eigenvalue weighted by Gasteiger charge is 2.24. The number of aryl methyl sites for hydroxylation is 1. The minimum Gasteiger partial charge on any atom is -0.496 e. The molecule has 31 heavy (non-hydrogen) atoms. The van der Waals surface area contributed by atoms with Crippen molar-refractivity contribution < 1.29 is 9.53 Å². The standard InChI is InChI=1S/C23H34N6O2/c1-5-6-7-10-25-22-19(16(2)26-23(24)27-22)13-17-8-9-18(14-20(17)31-4)29-12-11-28(3)15-21(29)30/h8-9,14H,5-7,10-13,15H2,1-4H3,(H3,24,25,26,27). The number of methoxy groups -OCH3 is 1. The molecule has 0 bridgehead atoms. The molecule has 8 nitrogen and oxygen atoms in total. The predicted octanol–water partition coefficient (Wildman–Crippen LogP) is 2.85. The number of carbonyl (C=O) groups excluding carboxylic acids is 1. The fourth-order valence-corrected chi connectivity index (χ4v) is 3.86. The van der Waals surface area contributed by atoms with E-state index < -0.39 is 0 Å². The number of likely N-dealkylation sites (N-methyl/N-ethyl adjacent to an activating group) is 1. The third-order valence-electron chi connectivity index (χ3n) is 5.67. The van der Waals surface area contributed by atoms with Crippen molar-refractivity contribution in [3.05, 3.63) is 35.0 Å². The first-order valence-corrected chi connectivity index (χ1v) is 11.0. The Morgan fingerprint density at radius 3 is 2.74 bits per heavy atom. The highest BCUT2D eigenvalue weighted by atomic mass is 16.5. The summed E-state index contributed by atoms with van der Waals surface area (Å²) < 4.78 is 5.69. The number of benzene rings is 1. The number of rotatable bonds is 9. The van der Waals surface area contributed by atoms with Crippen molar-refractivity contribution in [2.45, 2.75) is 39.5 Å². The van der Waals surface area contributed by atoms with Gasteiger partial charge < -0.3 is 20.7 Å². The highest BCUT2D eigenvalue weighted by Crippen LogP contribution is 2.31. The zero-order valence-corrected chi connectivity index (χ0v) is 19.1. The summed E-state index contributed by atoms with van der Waals surface area (Å²) >= 11 is 0. The highest BCUT2D eigenvalue weighted by molar-refractivity contribution is 5.95. The minimum absolute atomic E-state index is 0.102. The largest absolute Gasteiger partial charge is 0.496 e. The second-order valence-electron chi connectivity index (χ2n) is 8.08. The van der Waals surface area contributed by atoms with Gasteiger partial charge in [-0.15, -0.1) is 0 Å². The van der Waals surface area contributed by atoms with Gasteiger partial charge in [-0.2, -0.15) is 4.98 Å². The Kier molecular flexibility index (Phi) is 7.68. The number of hydrogen-bond donors (Lipinski definition) is 2. The average Bonchev–Trinajstić information content (AvgIpc) is 2.73. The van der Waals surface area contributed by atoms with Crippen LogP contribution < -0.4 is 20.7 Å². The van der Waals surface area contributed by atoms with Gasteiger partial charge in [0, 0.05) is 49.1 Å². The lowest BCUT2D eigenvalue weighted by Crippen LogP contribution is -2.48. The van der Waals surface area contributed by atoms with Gasteiger partial charge in [-0.1, -0.05) is 25.8 Å². The van der Waals surface area contributed by atoms with Crippen LogP contribution in [-0.4, -0.2) is 61.1 Å².